The summed E-state index contributed by atoms with van der Waals surface area (Å²) >= 11 is 0. The highest BCUT2D eigenvalue weighted by Gasteiger charge is 2.10. The molecule has 1 aromatic rings. The molecule has 0 bridgehead atoms. The van der Waals surface area contributed by atoms with Crippen molar-refractivity contribution in [1.29, 1.82) is 0 Å². The Kier molecular flexibility index (Phi) is 3.25. The molecule has 0 radical (unpaired) electrons. The minimum absolute atomic E-state index is 0.232. The molecule has 0 unspecified atom stereocenters. The fourth-order valence-corrected chi connectivity index (χ4v) is 0.951. The average molecular weight is 180 g/mol. The fraction of sp³-hybridized carbons (Fsp3) is 0.333. The third-order valence-electron chi connectivity index (χ3n) is 1.51. The first-order valence-corrected chi connectivity index (χ1v) is 4.09. The first-order valence-electron chi connectivity index (χ1n) is 4.09. The van der Waals surface area contributed by atoms with E-state index < -0.39 is 0 Å². The van der Waals surface area contributed by atoms with E-state index in [-0.39, 0.29) is 5.91 Å². The molecule has 1 N–H and O–H groups in total. The minimum atomic E-state index is -0.232. The summed E-state index contributed by atoms with van der Waals surface area (Å²) in [5.74, 6) is 0.286. The zero-order valence-electron chi connectivity index (χ0n) is 7.70. The maximum Gasteiger partial charge on any atom is 0.273 e. The quantitative estimate of drug-likeness (QED) is 0.749. The largest absolute Gasteiger partial charge is 0.491 e. The van der Waals surface area contributed by atoms with Gasteiger partial charge in [0.2, 0.25) is 0 Å². The average Bonchev–Trinajstić information content (AvgIpc) is 2.18. The van der Waals surface area contributed by atoms with Crippen molar-refractivity contribution in [2.75, 3.05) is 13.7 Å². The van der Waals surface area contributed by atoms with Crippen LogP contribution in [0.5, 0.6) is 5.75 Å². The van der Waals surface area contributed by atoms with Crippen LogP contribution in [-0.4, -0.2) is 24.5 Å². The number of carbonyl (C=O) groups excluding carboxylic acids is 1. The van der Waals surface area contributed by atoms with Gasteiger partial charge in [-0.05, 0) is 19.1 Å². The highest BCUT2D eigenvalue weighted by atomic mass is 16.5. The van der Waals surface area contributed by atoms with Crippen LogP contribution in [-0.2, 0) is 0 Å². The van der Waals surface area contributed by atoms with Gasteiger partial charge in [-0.3, -0.25) is 4.79 Å². The number of rotatable bonds is 3. The highest BCUT2D eigenvalue weighted by Crippen LogP contribution is 2.14. The molecule has 0 saturated carbocycles. The van der Waals surface area contributed by atoms with Crippen LogP contribution >= 0.6 is 0 Å². The van der Waals surface area contributed by atoms with E-state index in [9.17, 15) is 4.79 Å². The zero-order valence-corrected chi connectivity index (χ0v) is 7.70. The van der Waals surface area contributed by atoms with Gasteiger partial charge in [0.15, 0.2) is 11.4 Å². The van der Waals surface area contributed by atoms with Crippen molar-refractivity contribution < 1.29 is 9.53 Å². The van der Waals surface area contributed by atoms with E-state index in [0.717, 1.165) is 0 Å². The summed E-state index contributed by atoms with van der Waals surface area (Å²) in [7, 11) is 1.56. The summed E-state index contributed by atoms with van der Waals surface area (Å²) in [6.07, 6.45) is 1.56. The van der Waals surface area contributed by atoms with E-state index in [2.05, 4.69) is 10.3 Å². The lowest BCUT2D eigenvalue weighted by molar-refractivity contribution is 0.0954. The summed E-state index contributed by atoms with van der Waals surface area (Å²) in [6.45, 7) is 2.39. The van der Waals surface area contributed by atoms with Gasteiger partial charge in [0.1, 0.15) is 0 Å². The second-order valence-corrected chi connectivity index (χ2v) is 2.36. The maximum atomic E-state index is 11.3. The van der Waals surface area contributed by atoms with Gasteiger partial charge >= 0.3 is 0 Å². The summed E-state index contributed by atoms with van der Waals surface area (Å²) in [5.41, 5.74) is 0.326. The Balaban J connectivity index is 2.97. The molecule has 0 aliphatic carbocycles. The number of carbonyl (C=O) groups is 1. The number of aromatic nitrogens is 1. The summed E-state index contributed by atoms with van der Waals surface area (Å²) in [5, 5.41) is 2.50. The molecule has 0 aliphatic rings. The summed E-state index contributed by atoms with van der Waals surface area (Å²) in [4.78, 5) is 15.2. The molecule has 0 aromatic carbocycles. The van der Waals surface area contributed by atoms with Gasteiger partial charge in [-0.1, -0.05) is 0 Å². The number of hydrogen-bond acceptors (Lipinski definition) is 3. The van der Waals surface area contributed by atoms with E-state index in [0.29, 0.717) is 18.1 Å². The standard InChI is InChI=1S/C9H12N2O2/c1-3-13-7-5-4-6-11-8(7)9(12)10-2/h4-6H,3H2,1-2H3,(H,10,12). The lowest BCUT2D eigenvalue weighted by Gasteiger charge is -2.06. The third kappa shape index (κ3) is 2.18. The van der Waals surface area contributed by atoms with Gasteiger partial charge in [0, 0.05) is 13.2 Å². The van der Waals surface area contributed by atoms with Crippen molar-refractivity contribution in [3.8, 4) is 5.75 Å². The number of nitrogens with one attached hydrogen (secondary N) is 1. The molecule has 0 saturated heterocycles. The number of ether oxygens (including phenoxy) is 1. The predicted molar refractivity (Wildman–Crippen MR) is 48.8 cm³/mol. The van der Waals surface area contributed by atoms with E-state index in [1.54, 1.807) is 25.4 Å². The van der Waals surface area contributed by atoms with Crippen LogP contribution in [0.4, 0.5) is 0 Å². The summed E-state index contributed by atoms with van der Waals surface area (Å²) < 4.78 is 5.24. The van der Waals surface area contributed by atoms with Crippen molar-refractivity contribution in [3.63, 3.8) is 0 Å². The summed E-state index contributed by atoms with van der Waals surface area (Å²) in [6, 6.07) is 3.46. The molecular weight excluding hydrogens is 168 g/mol. The highest BCUT2D eigenvalue weighted by molar-refractivity contribution is 5.94. The van der Waals surface area contributed by atoms with Crippen molar-refractivity contribution >= 4 is 5.91 Å². The van der Waals surface area contributed by atoms with Gasteiger partial charge < -0.3 is 10.1 Å². The van der Waals surface area contributed by atoms with Crippen LogP contribution in [0.2, 0.25) is 0 Å². The second-order valence-electron chi connectivity index (χ2n) is 2.36. The van der Waals surface area contributed by atoms with Gasteiger partial charge in [0.25, 0.3) is 5.91 Å². The van der Waals surface area contributed by atoms with E-state index in [1.165, 1.54) is 0 Å². The Bertz CT molecular complexity index is 299. The Hall–Kier alpha value is -1.58. The van der Waals surface area contributed by atoms with Crippen molar-refractivity contribution in [2.24, 2.45) is 0 Å². The molecule has 1 heterocycles. The van der Waals surface area contributed by atoms with E-state index in [1.807, 2.05) is 6.92 Å². The zero-order chi connectivity index (χ0) is 9.68. The SMILES string of the molecule is CCOc1cccnc1C(=O)NC. The normalized spacial score (nSPS) is 9.38. The van der Waals surface area contributed by atoms with Crippen LogP contribution in [0, 0.1) is 0 Å². The van der Waals surface area contributed by atoms with Crippen LogP contribution < -0.4 is 10.1 Å². The predicted octanol–water partition coefficient (Wildman–Crippen LogP) is 0.840. The molecule has 4 nitrogen and oxygen atoms in total. The Morgan fingerprint density at radius 2 is 2.46 bits per heavy atom. The topological polar surface area (TPSA) is 51.2 Å². The van der Waals surface area contributed by atoms with Crippen molar-refractivity contribution in [3.05, 3.63) is 24.0 Å². The second kappa shape index (κ2) is 4.45. The Morgan fingerprint density at radius 3 is 3.08 bits per heavy atom. The molecule has 4 heteroatoms. The van der Waals surface area contributed by atoms with Gasteiger partial charge in [-0.2, -0.15) is 0 Å². The Morgan fingerprint density at radius 1 is 1.69 bits per heavy atom. The number of pyridine rings is 1. The lowest BCUT2D eigenvalue weighted by atomic mass is 10.3. The molecule has 1 aromatic heterocycles. The molecule has 0 spiro atoms. The van der Waals surface area contributed by atoms with Crippen molar-refractivity contribution in [1.82, 2.24) is 10.3 Å². The molecule has 0 atom stereocenters. The number of nitrogens with zero attached hydrogens (tertiary/aromatic N) is 1. The molecule has 1 rings (SSSR count). The first kappa shape index (κ1) is 9.51. The van der Waals surface area contributed by atoms with E-state index in [4.69, 9.17) is 4.74 Å². The molecular formula is C9H12N2O2. The van der Waals surface area contributed by atoms with Crippen molar-refractivity contribution in [2.45, 2.75) is 6.92 Å². The Labute approximate surface area is 76.9 Å². The van der Waals surface area contributed by atoms with Crippen LogP contribution in [0.3, 0.4) is 0 Å². The van der Waals surface area contributed by atoms with Gasteiger partial charge in [-0.25, -0.2) is 4.98 Å². The molecule has 0 fully saturated rings. The van der Waals surface area contributed by atoms with Gasteiger partial charge in [0.05, 0.1) is 6.61 Å². The van der Waals surface area contributed by atoms with E-state index >= 15 is 0 Å². The molecule has 70 valence electrons. The molecule has 1 amide bonds. The minimum Gasteiger partial charge on any atom is -0.491 e. The number of amides is 1. The van der Waals surface area contributed by atoms with Crippen LogP contribution in [0.25, 0.3) is 0 Å². The smallest absolute Gasteiger partial charge is 0.273 e. The maximum absolute atomic E-state index is 11.3. The van der Waals surface area contributed by atoms with Gasteiger partial charge in [-0.15, -0.1) is 0 Å². The van der Waals surface area contributed by atoms with Crippen LogP contribution in [0.15, 0.2) is 18.3 Å². The monoisotopic (exact) mass is 180 g/mol. The lowest BCUT2D eigenvalue weighted by Crippen LogP contribution is -2.20. The fourth-order valence-electron chi connectivity index (χ4n) is 0.951. The third-order valence-corrected chi connectivity index (χ3v) is 1.51. The molecule has 13 heavy (non-hydrogen) atoms. The first-order chi connectivity index (χ1) is 6.29. The van der Waals surface area contributed by atoms with Crippen LogP contribution in [0.1, 0.15) is 17.4 Å². The number of hydrogen-bond donors (Lipinski definition) is 1. The molecule has 0 aliphatic heterocycles.